The average molecular weight is 377 g/mol. The highest BCUT2D eigenvalue weighted by Gasteiger charge is 2.08. The summed E-state index contributed by atoms with van der Waals surface area (Å²) in [4.78, 5) is 24.2. The number of carbonyl (C=O) groups excluding carboxylic acids is 2. The number of hydrogen-bond donors (Lipinski definition) is 3. The zero-order valence-corrected chi connectivity index (χ0v) is 14.6. The van der Waals surface area contributed by atoms with Gasteiger partial charge in [0.1, 0.15) is 11.6 Å². The fourth-order valence-electron chi connectivity index (χ4n) is 2.30. The predicted molar refractivity (Wildman–Crippen MR) is 104 cm³/mol. The fourth-order valence-corrected chi connectivity index (χ4v) is 2.30. The Labute approximate surface area is 160 Å². The van der Waals surface area contributed by atoms with E-state index in [0.717, 1.165) is 5.56 Å². The number of anilines is 1. The van der Waals surface area contributed by atoms with E-state index in [-0.39, 0.29) is 11.7 Å². The molecule has 3 rings (SSSR count). The summed E-state index contributed by atoms with van der Waals surface area (Å²) in [6, 6.07) is 17.8. The molecule has 0 aliphatic carbocycles. The van der Waals surface area contributed by atoms with Crippen LogP contribution in [0.25, 0.3) is 0 Å². The van der Waals surface area contributed by atoms with Crippen molar-refractivity contribution in [3.8, 4) is 5.75 Å². The smallest absolute Gasteiger partial charge is 0.271 e. The first-order chi connectivity index (χ1) is 13.5. The minimum atomic E-state index is -0.417. The molecule has 0 spiro atoms. The molecule has 0 bridgehead atoms. The summed E-state index contributed by atoms with van der Waals surface area (Å²) < 4.78 is 12.9. The number of nitrogens with zero attached hydrogens (tertiary/aromatic N) is 1. The number of halogens is 1. The van der Waals surface area contributed by atoms with Crippen molar-refractivity contribution in [3.05, 3.63) is 95.3 Å². The van der Waals surface area contributed by atoms with Crippen LogP contribution in [0.4, 0.5) is 10.1 Å². The third-order valence-electron chi connectivity index (χ3n) is 3.78. The van der Waals surface area contributed by atoms with Gasteiger partial charge >= 0.3 is 0 Å². The Balaban J connectivity index is 1.57. The molecule has 3 aromatic rings. The Morgan fingerprint density at radius 2 is 1.39 bits per heavy atom. The molecule has 28 heavy (non-hydrogen) atoms. The maximum Gasteiger partial charge on any atom is 0.271 e. The van der Waals surface area contributed by atoms with Crippen molar-refractivity contribution >= 4 is 23.7 Å². The van der Waals surface area contributed by atoms with Crippen LogP contribution < -0.4 is 10.7 Å². The number of amides is 2. The molecule has 0 saturated heterocycles. The van der Waals surface area contributed by atoms with Crippen molar-refractivity contribution in [2.24, 2.45) is 5.10 Å². The standard InChI is InChI=1S/C21H16FN3O3/c22-17-7-3-15(4-8-17)20(27)24-18-9-5-16(6-10-18)21(28)25-23-13-14-1-11-19(26)12-2-14/h1-13,26H,(H,24,27)(H,25,28)/b23-13+. The van der Waals surface area contributed by atoms with E-state index in [2.05, 4.69) is 15.8 Å². The molecule has 0 saturated carbocycles. The predicted octanol–water partition coefficient (Wildman–Crippen LogP) is 3.55. The van der Waals surface area contributed by atoms with Crippen LogP contribution >= 0.6 is 0 Å². The van der Waals surface area contributed by atoms with Crippen molar-refractivity contribution in [1.82, 2.24) is 5.43 Å². The van der Waals surface area contributed by atoms with Gasteiger partial charge in [-0.1, -0.05) is 0 Å². The molecular formula is C21H16FN3O3. The average Bonchev–Trinajstić information content (AvgIpc) is 2.70. The minimum Gasteiger partial charge on any atom is -0.508 e. The minimum absolute atomic E-state index is 0.146. The topological polar surface area (TPSA) is 90.8 Å². The molecule has 0 fully saturated rings. The maximum atomic E-state index is 12.9. The summed E-state index contributed by atoms with van der Waals surface area (Å²) in [7, 11) is 0. The fraction of sp³-hybridized carbons (Fsp3) is 0. The molecular weight excluding hydrogens is 361 g/mol. The van der Waals surface area contributed by atoms with E-state index in [0.29, 0.717) is 16.8 Å². The first-order valence-electron chi connectivity index (χ1n) is 8.31. The first-order valence-corrected chi connectivity index (χ1v) is 8.31. The number of phenolic OH excluding ortho intramolecular Hbond substituents is 1. The number of benzene rings is 3. The number of hydrogen-bond acceptors (Lipinski definition) is 4. The molecule has 0 atom stereocenters. The lowest BCUT2D eigenvalue weighted by Gasteiger charge is -2.06. The summed E-state index contributed by atoms with van der Waals surface area (Å²) in [5.41, 5.74) is 4.31. The summed E-state index contributed by atoms with van der Waals surface area (Å²) in [5.74, 6) is -1.06. The van der Waals surface area contributed by atoms with Crippen molar-refractivity contribution in [2.75, 3.05) is 5.32 Å². The molecule has 0 aliphatic heterocycles. The van der Waals surface area contributed by atoms with E-state index in [1.54, 1.807) is 36.4 Å². The second-order valence-electron chi connectivity index (χ2n) is 5.83. The van der Waals surface area contributed by atoms with Gasteiger partial charge in [-0.05, 0) is 78.4 Å². The molecule has 7 heteroatoms. The summed E-state index contributed by atoms with van der Waals surface area (Å²) in [6.07, 6.45) is 1.45. The lowest BCUT2D eigenvalue weighted by molar-refractivity contribution is 0.0954. The van der Waals surface area contributed by atoms with Gasteiger partial charge in [0.25, 0.3) is 11.8 Å². The highest BCUT2D eigenvalue weighted by atomic mass is 19.1. The van der Waals surface area contributed by atoms with Gasteiger partial charge in [-0.25, -0.2) is 9.82 Å². The quantitative estimate of drug-likeness (QED) is 0.469. The Bertz CT molecular complexity index is 999. The molecule has 6 nitrogen and oxygen atoms in total. The lowest BCUT2D eigenvalue weighted by atomic mass is 10.1. The molecule has 0 radical (unpaired) electrons. The Morgan fingerprint density at radius 1 is 0.821 bits per heavy atom. The van der Waals surface area contributed by atoms with E-state index in [9.17, 15) is 19.1 Å². The zero-order chi connectivity index (χ0) is 19.9. The Morgan fingerprint density at radius 3 is 2.04 bits per heavy atom. The highest BCUT2D eigenvalue weighted by molar-refractivity contribution is 6.04. The number of carbonyl (C=O) groups is 2. The van der Waals surface area contributed by atoms with E-state index in [4.69, 9.17) is 0 Å². The van der Waals surface area contributed by atoms with Crippen molar-refractivity contribution < 1.29 is 19.1 Å². The number of nitrogens with one attached hydrogen (secondary N) is 2. The third-order valence-corrected chi connectivity index (χ3v) is 3.78. The largest absolute Gasteiger partial charge is 0.508 e. The zero-order valence-electron chi connectivity index (χ0n) is 14.6. The molecule has 140 valence electrons. The van der Waals surface area contributed by atoms with Crippen molar-refractivity contribution in [3.63, 3.8) is 0 Å². The molecule has 0 heterocycles. The van der Waals surface area contributed by atoms with Gasteiger partial charge in [-0.3, -0.25) is 9.59 Å². The van der Waals surface area contributed by atoms with Gasteiger partial charge < -0.3 is 10.4 Å². The van der Waals surface area contributed by atoms with Crippen LogP contribution in [-0.4, -0.2) is 23.1 Å². The summed E-state index contributed by atoms with van der Waals surface area (Å²) in [6.45, 7) is 0. The van der Waals surface area contributed by atoms with Gasteiger partial charge in [0, 0.05) is 16.8 Å². The maximum absolute atomic E-state index is 12.9. The molecule has 2 amide bonds. The number of aromatic hydroxyl groups is 1. The number of rotatable bonds is 5. The normalized spacial score (nSPS) is 10.6. The molecule has 3 aromatic carbocycles. The van der Waals surface area contributed by atoms with E-state index >= 15 is 0 Å². The third kappa shape index (κ3) is 5.01. The van der Waals surface area contributed by atoms with E-state index in [1.165, 1.54) is 42.6 Å². The summed E-state index contributed by atoms with van der Waals surface area (Å²) in [5, 5.41) is 15.7. The van der Waals surface area contributed by atoms with E-state index < -0.39 is 11.7 Å². The van der Waals surface area contributed by atoms with Crippen molar-refractivity contribution in [2.45, 2.75) is 0 Å². The highest BCUT2D eigenvalue weighted by Crippen LogP contribution is 2.12. The SMILES string of the molecule is O=C(N/N=C/c1ccc(O)cc1)c1ccc(NC(=O)c2ccc(F)cc2)cc1. The Kier molecular flexibility index (Phi) is 5.76. The number of hydrazone groups is 1. The molecule has 0 unspecified atom stereocenters. The van der Waals surface area contributed by atoms with Crippen LogP contribution in [0.3, 0.4) is 0 Å². The van der Waals surface area contributed by atoms with Crippen LogP contribution in [-0.2, 0) is 0 Å². The number of phenols is 1. The van der Waals surface area contributed by atoms with Crippen LogP contribution in [0.5, 0.6) is 5.75 Å². The molecule has 0 aliphatic rings. The molecule has 0 aromatic heterocycles. The van der Waals surface area contributed by atoms with Gasteiger partial charge in [-0.15, -0.1) is 0 Å². The van der Waals surface area contributed by atoms with Crippen LogP contribution in [0.1, 0.15) is 26.3 Å². The Hall–Kier alpha value is -4.00. The monoisotopic (exact) mass is 377 g/mol. The van der Waals surface area contributed by atoms with Crippen molar-refractivity contribution in [1.29, 1.82) is 0 Å². The van der Waals surface area contributed by atoms with Crippen LogP contribution in [0, 0.1) is 5.82 Å². The van der Waals surface area contributed by atoms with E-state index in [1.807, 2.05) is 0 Å². The van der Waals surface area contributed by atoms with Crippen LogP contribution in [0.2, 0.25) is 0 Å². The van der Waals surface area contributed by atoms with Gasteiger partial charge in [-0.2, -0.15) is 5.10 Å². The first kappa shape index (κ1) is 18.8. The van der Waals surface area contributed by atoms with Gasteiger partial charge in [0.15, 0.2) is 0 Å². The van der Waals surface area contributed by atoms with Crippen LogP contribution in [0.15, 0.2) is 77.9 Å². The van der Waals surface area contributed by atoms with Gasteiger partial charge in [0.05, 0.1) is 6.21 Å². The second-order valence-corrected chi connectivity index (χ2v) is 5.83. The van der Waals surface area contributed by atoms with Gasteiger partial charge in [0.2, 0.25) is 0 Å². The molecule has 3 N–H and O–H groups in total. The summed E-state index contributed by atoms with van der Waals surface area (Å²) >= 11 is 0. The second kappa shape index (κ2) is 8.59. The lowest BCUT2D eigenvalue weighted by Crippen LogP contribution is -2.17.